The van der Waals surface area contributed by atoms with Gasteiger partial charge in [-0.3, -0.25) is 14.7 Å². The molecule has 6 heteroatoms. The Labute approximate surface area is 165 Å². The summed E-state index contributed by atoms with van der Waals surface area (Å²) in [6.45, 7) is 8.94. The van der Waals surface area contributed by atoms with Crippen LogP contribution in [0.1, 0.15) is 25.1 Å². The third-order valence-electron chi connectivity index (χ3n) is 4.49. The average molecular weight is 385 g/mol. The van der Waals surface area contributed by atoms with Crippen LogP contribution >= 0.6 is 11.8 Å². The molecule has 3 rings (SSSR count). The summed E-state index contributed by atoms with van der Waals surface area (Å²) in [5.74, 6) is 1.49. The van der Waals surface area contributed by atoms with Crippen LogP contribution in [0.4, 0.5) is 5.95 Å². The number of rotatable bonds is 7. The molecular formula is C21H28N4OS. The fourth-order valence-electron chi connectivity index (χ4n) is 3.01. The van der Waals surface area contributed by atoms with E-state index in [-0.39, 0.29) is 5.56 Å². The zero-order valence-electron chi connectivity index (χ0n) is 16.1. The van der Waals surface area contributed by atoms with E-state index in [1.807, 2.05) is 6.07 Å². The summed E-state index contributed by atoms with van der Waals surface area (Å²) in [5.41, 5.74) is 2.03. The van der Waals surface area contributed by atoms with Crippen molar-refractivity contribution in [3.8, 4) is 0 Å². The summed E-state index contributed by atoms with van der Waals surface area (Å²) in [5, 5.41) is 0.530. The van der Waals surface area contributed by atoms with Crippen molar-refractivity contribution in [2.75, 3.05) is 37.6 Å². The summed E-state index contributed by atoms with van der Waals surface area (Å²) in [7, 11) is 0. The van der Waals surface area contributed by atoms with Gasteiger partial charge in [-0.2, -0.15) is 11.8 Å². The molecule has 2 heterocycles. The Morgan fingerprint density at radius 3 is 2.63 bits per heavy atom. The van der Waals surface area contributed by atoms with E-state index in [9.17, 15) is 4.79 Å². The number of aromatic amines is 1. The normalized spacial score (nSPS) is 15.7. The van der Waals surface area contributed by atoms with Crippen LogP contribution in [0.25, 0.3) is 6.08 Å². The standard InChI is InChI=1S/C21H28N4OS/c1-17(2)27-16-19-15-20(26)23-21(22-19)25-13-11-24(12-14-25)10-6-9-18-7-4-3-5-8-18/h3-9,15,17H,10-14,16H2,1-2H3,(H,22,23,26)/b9-6+. The Morgan fingerprint density at radius 2 is 1.93 bits per heavy atom. The van der Waals surface area contributed by atoms with Crippen LogP contribution in [-0.2, 0) is 5.75 Å². The highest BCUT2D eigenvalue weighted by Crippen LogP contribution is 2.17. The second-order valence-electron chi connectivity index (χ2n) is 7.02. The van der Waals surface area contributed by atoms with E-state index in [1.54, 1.807) is 17.8 Å². The number of benzene rings is 1. The lowest BCUT2D eigenvalue weighted by molar-refractivity contribution is 0.283. The van der Waals surface area contributed by atoms with Crippen LogP contribution < -0.4 is 10.5 Å². The molecule has 0 spiro atoms. The van der Waals surface area contributed by atoms with Gasteiger partial charge in [0.05, 0.1) is 5.69 Å². The number of thioether (sulfide) groups is 1. The van der Waals surface area contributed by atoms with Crippen molar-refractivity contribution in [1.29, 1.82) is 0 Å². The molecule has 0 amide bonds. The maximum absolute atomic E-state index is 12.0. The molecule has 5 nitrogen and oxygen atoms in total. The first-order valence-electron chi connectivity index (χ1n) is 9.51. The van der Waals surface area contributed by atoms with Crippen molar-refractivity contribution in [2.24, 2.45) is 0 Å². The lowest BCUT2D eigenvalue weighted by atomic mass is 10.2. The van der Waals surface area contributed by atoms with E-state index in [2.05, 4.69) is 70.0 Å². The van der Waals surface area contributed by atoms with Gasteiger partial charge in [-0.05, 0) is 10.8 Å². The average Bonchev–Trinajstić information content (AvgIpc) is 2.67. The quantitative estimate of drug-likeness (QED) is 0.794. The smallest absolute Gasteiger partial charge is 0.252 e. The zero-order chi connectivity index (χ0) is 19.1. The predicted octanol–water partition coefficient (Wildman–Crippen LogP) is 3.25. The lowest BCUT2D eigenvalue weighted by Gasteiger charge is -2.34. The molecule has 144 valence electrons. The SMILES string of the molecule is CC(C)SCc1cc(=O)[nH]c(N2CCN(C/C=C/c3ccccc3)CC2)n1. The van der Waals surface area contributed by atoms with E-state index in [4.69, 9.17) is 0 Å². The van der Waals surface area contributed by atoms with Gasteiger partial charge in [0.2, 0.25) is 5.95 Å². The summed E-state index contributed by atoms with van der Waals surface area (Å²) in [4.78, 5) is 24.2. The Bertz CT molecular complexity index is 795. The minimum absolute atomic E-state index is 0.0624. The minimum atomic E-state index is -0.0624. The molecule has 0 atom stereocenters. The molecule has 1 aliphatic heterocycles. The van der Waals surface area contributed by atoms with Crippen molar-refractivity contribution in [2.45, 2.75) is 24.9 Å². The molecule has 2 aromatic rings. The zero-order valence-corrected chi connectivity index (χ0v) is 16.9. The number of anilines is 1. The van der Waals surface area contributed by atoms with Crippen molar-refractivity contribution < 1.29 is 0 Å². The molecule has 1 N–H and O–H groups in total. The van der Waals surface area contributed by atoms with Crippen LogP contribution in [-0.4, -0.2) is 52.8 Å². The van der Waals surface area contributed by atoms with Crippen molar-refractivity contribution in [1.82, 2.24) is 14.9 Å². The predicted molar refractivity (Wildman–Crippen MR) is 115 cm³/mol. The molecule has 1 aliphatic rings. The summed E-state index contributed by atoms with van der Waals surface area (Å²) in [6.07, 6.45) is 4.39. The third-order valence-corrected chi connectivity index (χ3v) is 5.62. The van der Waals surface area contributed by atoms with Crippen LogP contribution in [0.5, 0.6) is 0 Å². The third kappa shape index (κ3) is 6.26. The van der Waals surface area contributed by atoms with Gasteiger partial charge in [0.15, 0.2) is 0 Å². The molecule has 1 saturated heterocycles. The Hall–Kier alpha value is -2.05. The van der Waals surface area contributed by atoms with E-state index in [0.29, 0.717) is 11.2 Å². The van der Waals surface area contributed by atoms with Crippen molar-refractivity contribution in [3.05, 3.63) is 64.1 Å². The van der Waals surface area contributed by atoms with Crippen LogP contribution in [0.15, 0.2) is 47.3 Å². The van der Waals surface area contributed by atoms with Gasteiger partial charge < -0.3 is 4.90 Å². The van der Waals surface area contributed by atoms with Gasteiger partial charge >= 0.3 is 0 Å². The fourth-order valence-corrected chi connectivity index (χ4v) is 3.67. The Kier molecular flexibility index (Phi) is 7.12. The number of H-pyrrole nitrogens is 1. The number of hydrogen-bond acceptors (Lipinski definition) is 5. The van der Waals surface area contributed by atoms with Crippen LogP contribution in [0.2, 0.25) is 0 Å². The number of hydrogen-bond donors (Lipinski definition) is 1. The monoisotopic (exact) mass is 384 g/mol. The van der Waals surface area contributed by atoms with Crippen LogP contribution in [0.3, 0.4) is 0 Å². The van der Waals surface area contributed by atoms with E-state index < -0.39 is 0 Å². The van der Waals surface area contributed by atoms with Crippen LogP contribution in [0, 0.1) is 0 Å². The number of piperazine rings is 1. The number of nitrogens with one attached hydrogen (secondary N) is 1. The molecule has 0 radical (unpaired) electrons. The highest BCUT2D eigenvalue weighted by molar-refractivity contribution is 7.99. The molecule has 1 aromatic carbocycles. The fraction of sp³-hybridized carbons (Fsp3) is 0.429. The molecular weight excluding hydrogens is 356 g/mol. The first kappa shape index (κ1) is 19.7. The van der Waals surface area contributed by atoms with Gasteiger partial charge in [-0.25, -0.2) is 4.98 Å². The maximum atomic E-state index is 12.0. The Morgan fingerprint density at radius 1 is 1.19 bits per heavy atom. The van der Waals surface area contributed by atoms with E-state index in [0.717, 1.165) is 44.2 Å². The minimum Gasteiger partial charge on any atom is -0.340 e. The summed E-state index contributed by atoms with van der Waals surface area (Å²) < 4.78 is 0. The summed E-state index contributed by atoms with van der Waals surface area (Å²) >= 11 is 1.81. The Balaban J connectivity index is 1.53. The van der Waals surface area contributed by atoms with Gasteiger partial charge in [-0.15, -0.1) is 0 Å². The highest BCUT2D eigenvalue weighted by Gasteiger charge is 2.18. The van der Waals surface area contributed by atoms with Crippen molar-refractivity contribution in [3.63, 3.8) is 0 Å². The van der Waals surface area contributed by atoms with E-state index in [1.165, 1.54) is 5.56 Å². The van der Waals surface area contributed by atoms with Gasteiger partial charge in [0, 0.05) is 44.5 Å². The molecule has 1 fully saturated rings. The molecule has 0 aliphatic carbocycles. The lowest BCUT2D eigenvalue weighted by Crippen LogP contribution is -2.47. The first-order valence-corrected chi connectivity index (χ1v) is 10.6. The summed E-state index contributed by atoms with van der Waals surface area (Å²) in [6, 6.07) is 12.0. The largest absolute Gasteiger partial charge is 0.340 e. The van der Waals surface area contributed by atoms with Gasteiger partial charge in [0.25, 0.3) is 5.56 Å². The molecule has 1 aromatic heterocycles. The van der Waals surface area contributed by atoms with Gasteiger partial charge in [0.1, 0.15) is 0 Å². The van der Waals surface area contributed by atoms with E-state index >= 15 is 0 Å². The second kappa shape index (κ2) is 9.76. The molecule has 0 saturated carbocycles. The highest BCUT2D eigenvalue weighted by atomic mass is 32.2. The second-order valence-corrected chi connectivity index (χ2v) is 8.59. The topological polar surface area (TPSA) is 52.2 Å². The maximum Gasteiger partial charge on any atom is 0.252 e. The first-order chi connectivity index (χ1) is 13.1. The number of nitrogens with zero attached hydrogens (tertiary/aromatic N) is 3. The molecule has 0 bridgehead atoms. The molecule has 27 heavy (non-hydrogen) atoms. The molecule has 0 unspecified atom stereocenters. The number of aromatic nitrogens is 2. The van der Waals surface area contributed by atoms with Gasteiger partial charge in [-0.1, -0.05) is 56.3 Å². The van der Waals surface area contributed by atoms with Crippen molar-refractivity contribution >= 4 is 23.8 Å².